The number of rotatable bonds is 8. The van der Waals surface area contributed by atoms with Gasteiger partial charge >= 0.3 is 5.97 Å². The molecule has 6 heteroatoms. The van der Waals surface area contributed by atoms with Gasteiger partial charge < -0.3 is 10.4 Å². The van der Waals surface area contributed by atoms with E-state index in [9.17, 15) is 14.7 Å². The van der Waals surface area contributed by atoms with Crippen molar-refractivity contribution in [3.63, 3.8) is 0 Å². The van der Waals surface area contributed by atoms with E-state index in [1.165, 1.54) is 5.56 Å². The average molecular weight is 522 g/mol. The highest BCUT2D eigenvalue weighted by Crippen LogP contribution is 2.26. The molecule has 200 valence electrons. The number of carboxylic acid groups (broad SMARTS) is 1. The number of nitrogens with one attached hydrogen (secondary N) is 1. The van der Waals surface area contributed by atoms with E-state index in [4.69, 9.17) is 0 Å². The number of benzene rings is 3. The third-order valence-electron chi connectivity index (χ3n) is 6.83. The van der Waals surface area contributed by atoms with Crippen LogP contribution in [-0.2, 0) is 16.6 Å². The smallest absolute Gasteiger partial charge is 0.326 e. The summed E-state index contributed by atoms with van der Waals surface area (Å²) in [6.45, 7) is 10.7. The number of carbonyl (C=O) groups is 2. The van der Waals surface area contributed by atoms with Crippen LogP contribution in [0, 0.1) is 0 Å². The Balaban J connectivity index is 1.41. The number of aromatic nitrogens is 2. The molecule has 2 N–H and O–H groups in total. The molecular weight excluding hydrogens is 486 g/mol. The van der Waals surface area contributed by atoms with Gasteiger partial charge in [0.1, 0.15) is 6.04 Å². The molecule has 1 amide bonds. The van der Waals surface area contributed by atoms with E-state index in [1.54, 1.807) is 12.1 Å². The summed E-state index contributed by atoms with van der Waals surface area (Å²) in [5.41, 5.74) is 6.54. The summed E-state index contributed by atoms with van der Waals surface area (Å²) >= 11 is 0. The zero-order chi connectivity index (χ0) is 28.2. The lowest BCUT2D eigenvalue weighted by Crippen LogP contribution is -2.42. The molecule has 0 aliphatic carbocycles. The fourth-order valence-electron chi connectivity index (χ4n) is 4.28. The molecule has 0 saturated carbocycles. The molecule has 6 nitrogen and oxygen atoms in total. The molecule has 0 spiro atoms. The third kappa shape index (κ3) is 6.96. The van der Waals surface area contributed by atoms with Crippen molar-refractivity contribution in [3.05, 3.63) is 107 Å². The van der Waals surface area contributed by atoms with E-state index in [-0.39, 0.29) is 11.8 Å². The first-order valence-electron chi connectivity index (χ1n) is 13.2. The maximum absolute atomic E-state index is 12.7. The number of carboxylic acids is 1. The van der Waals surface area contributed by atoms with Crippen molar-refractivity contribution in [3.8, 4) is 22.5 Å². The lowest BCUT2D eigenvalue weighted by Gasteiger charge is -2.19. The highest BCUT2D eigenvalue weighted by Gasteiger charge is 2.21. The van der Waals surface area contributed by atoms with Crippen molar-refractivity contribution in [2.24, 2.45) is 0 Å². The summed E-state index contributed by atoms with van der Waals surface area (Å²) < 4.78 is 0. The van der Waals surface area contributed by atoms with Gasteiger partial charge in [0.25, 0.3) is 5.91 Å². The molecule has 0 radical (unpaired) electrons. The number of nitrogens with zero attached hydrogens (tertiary/aromatic N) is 2. The number of aliphatic carboxylic acids is 1. The summed E-state index contributed by atoms with van der Waals surface area (Å²) in [5.74, 6) is -0.549. The topological polar surface area (TPSA) is 92.2 Å². The van der Waals surface area contributed by atoms with Gasteiger partial charge in [-0.2, -0.15) is 0 Å². The van der Waals surface area contributed by atoms with E-state index in [2.05, 4.69) is 74.2 Å². The highest BCUT2D eigenvalue weighted by molar-refractivity contribution is 5.96. The summed E-state index contributed by atoms with van der Waals surface area (Å²) in [5, 5.41) is 12.4. The predicted octanol–water partition coefficient (Wildman–Crippen LogP) is 6.66. The molecule has 0 aliphatic heterocycles. The molecular formula is C33H35N3O3. The first-order chi connectivity index (χ1) is 18.5. The largest absolute Gasteiger partial charge is 0.480 e. The van der Waals surface area contributed by atoms with Crippen LogP contribution in [0.4, 0.5) is 0 Å². The van der Waals surface area contributed by atoms with Crippen molar-refractivity contribution in [2.45, 2.75) is 58.4 Å². The maximum Gasteiger partial charge on any atom is 0.326 e. The van der Waals surface area contributed by atoms with Gasteiger partial charge in [-0.3, -0.25) is 4.79 Å². The van der Waals surface area contributed by atoms with Crippen LogP contribution in [0.15, 0.2) is 85.2 Å². The molecule has 1 atom stereocenters. The maximum atomic E-state index is 12.7. The molecule has 0 saturated heterocycles. The average Bonchev–Trinajstić information content (AvgIpc) is 2.92. The minimum absolute atomic E-state index is 0.0980. The van der Waals surface area contributed by atoms with Crippen LogP contribution in [0.25, 0.3) is 22.5 Å². The van der Waals surface area contributed by atoms with Crippen LogP contribution in [-0.4, -0.2) is 33.0 Å². The quantitative estimate of drug-likeness (QED) is 0.271. The second kappa shape index (κ2) is 11.6. The molecule has 0 fully saturated rings. The number of amides is 1. The van der Waals surface area contributed by atoms with Crippen LogP contribution < -0.4 is 5.32 Å². The Hall–Kier alpha value is -4.32. The SMILES string of the molecule is CC(C)c1ccc(C(=O)NC(Cc2ccc(-c3ncc(-c4ccc(C(C)(C)C)cc4)cn3)cc2)C(=O)O)cc1. The first-order valence-corrected chi connectivity index (χ1v) is 13.2. The van der Waals surface area contributed by atoms with Gasteiger partial charge in [0, 0.05) is 35.5 Å². The molecule has 0 aliphatic rings. The Labute approximate surface area is 230 Å². The van der Waals surface area contributed by atoms with Crippen LogP contribution in [0.3, 0.4) is 0 Å². The van der Waals surface area contributed by atoms with Crippen molar-refractivity contribution < 1.29 is 14.7 Å². The van der Waals surface area contributed by atoms with Crippen molar-refractivity contribution in [2.75, 3.05) is 0 Å². The zero-order valence-electron chi connectivity index (χ0n) is 23.1. The van der Waals surface area contributed by atoms with Gasteiger partial charge in [0.2, 0.25) is 0 Å². The predicted molar refractivity (Wildman–Crippen MR) is 155 cm³/mol. The van der Waals surface area contributed by atoms with Gasteiger partial charge in [0.05, 0.1) is 0 Å². The second-order valence-electron chi connectivity index (χ2n) is 11.2. The second-order valence-corrected chi connectivity index (χ2v) is 11.2. The molecule has 1 aromatic heterocycles. The van der Waals surface area contributed by atoms with E-state index in [0.29, 0.717) is 17.3 Å². The molecule has 4 aromatic rings. The van der Waals surface area contributed by atoms with Gasteiger partial charge in [-0.15, -0.1) is 0 Å². The highest BCUT2D eigenvalue weighted by atomic mass is 16.4. The summed E-state index contributed by atoms with van der Waals surface area (Å²) in [7, 11) is 0. The van der Waals surface area contributed by atoms with Gasteiger partial charge in [-0.25, -0.2) is 14.8 Å². The van der Waals surface area contributed by atoms with E-state index < -0.39 is 17.9 Å². The van der Waals surface area contributed by atoms with Gasteiger partial charge in [-0.1, -0.05) is 95.3 Å². The van der Waals surface area contributed by atoms with E-state index >= 15 is 0 Å². The molecule has 4 rings (SSSR count). The third-order valence-corrected chi connectivity index (χ3v) is 6.83. The lowest BCUT2D eigenvalue weighted by molar-refractivity contribution is -0.139. The monoisotopic (exact) mass is 521 g/mol. The van der Waals surface area contributed by atoms with Crippen LogP contribution in [0.2, 0.25) is 0 Å². The van der Waals surface area contributed by atoms with E-state index in [0.717, 1.165) is 27.8 Å². The summed E-state index contributed by atoms with van der Waals surface area (Å²) in [6.07, 6.45) is 3.79. The summed E-state index contributed by atoms with van der Waals surface area (Å²) in [6, 6.07) is 22.1. The number of hydrogen-bond donors (Lipinski definition) is 2. The fourth-order valence-corrected chi connectivity index (χ4v) is 4.28. The molecule has 0 bridgehead atoms. The molecule has 3 aromatic carbocycles. The molecule has 1 unspecified atom stereocenters. The summed E-state index contributed by atoms with van der Waals surface area (Å²) in [4.78, 5) is 33.6. The zero-order valence-corrected chi connectivity index (χ0v) is 23.1. The van der Waals surface area contributed by atoms with Crippen LogP contribution in [0.1, 0.15) is 67.6 Å². The fraction of sp³-hybridized carbons (Fsp3) is 0.273. The van der Waals surface area contributed by atoms with Crippen LogP contribution in [0.5, 0.6) is 0 Å². The Kier molecular flexibility index (Phi) is 8.24. The Morgan fingerprint density at radius 1 is 0.795 bits per heavy atom. The standard InChI is InChI=1S/C33H35N3O3/c1-21(2)23-10-12-26(13-11-23)31(37)36-29(32(38)39)18-22-6-8-25(9-7-22)30-34-19-27(20-35-30)24-14-16-28(17-15-24)33(3,4)5/h6-17,19-21,29H,18H2,1-5H3,(H,36,37)(H,38,39). The Morgan fingerprint density at radius 2 is 1.36 bits per heavy atom. The van der Waals surface area contributed by atoms with Gasteiger partial charge in [-0.05, 0) is 45.7 Å². The van der Waals surface area contributed by atoms with Gasteiger partial charge in [0.15, 0.2) is 5.82 Å². The van der Waals surface area contributed by atoms with Crippen LogP contribution >= 0.6 is 0 Å². The Bertz CT molecular complexity index is 1420. The normalized spacial score (nSPS) is 12.3. The number of carbonyl (C=O) groups excluding carboxylic acids is 1. The van der Waals surface area contributed by atoms with Crippen molar-refractivity contribution in [1.29, 1.82) is 0 Å². The number of hydrogen-bond acceptors (Lipinski definition) is 4. The minimum Gasteiger partial charge on any atom is -0.480 e. The Morgan fingerprint density at radius 3 is 1.87 bits per heavy atom. The molecule has 1 heterocycles. The van der Waals surface area contributed by atoms with Crippen molar-refractivity contribution >= 4 is 11.9 Å². The first kappa shape index (κ1) is 27.7. The van der Waals surface area contributed by atoms with E-state index in [1.807, 2.05) is 48.8 Å². The minimum atomic E-state index is -1.08. The van der Waals surface area contributed by atoms with Crippen molar-refractivity contribution in [1.82, 2.24) is 15.3 Å². The molecule has 39 heavy (non-hydrogen) atoms. The lowest BCUT2D eigenvalue weighted by atomic mass is 9.86.